The summed E-state index contributed by atoms with van der Waals surface area (Å²) in [6, 6.07) is 13.5. The molecule has 0 aliphatic rings. The molecule has 0 spiro atoms. The normalized spacial score (nSPS) is 11.0. The predicted octanol–water partition coefficient (Wildman–Crippen LogP) is 7.28. The van der Waals surface area contributed by atoms with Crippen molar-refractivity contribution in [3.8, 4) is 11.5 Å². The third kappa shape index (κ3) is 7.70. The molecule has 0 radical (unpaired) electrons. The second-order valence-corrected chi connectivity index (χ2v) is 7.54. The Labute approximate surface area is 182 Å². The first-order chi connectivity index (χ1) is 14.7. The van der Waals surface area contributed by atoms with Crippen molar-refractivity contribution in [2.75, 3.05) is 13.2 Å². The lowest BCUT2D eigenvalue weighted by molar-refractivity contribution is 0.104. The van der Waals surface area contributed by atoms with Crippen LogP contribution in [-0.4, -0.2) is 19.0 Å². The number of carbonyl (C=O) groups excluding carboxylic acids is 1. The smallest absolute Gasteiger partial charge is 0.185 e. The molecule has 0 aromatic heterocycles. The molecule has 0 saturated carbocycles. The van der Waals surface area contributed by atoms with Gasteiger partial charge in [0.1, 0.15) is 0 Å². The summed E-state index contributed by atoms with van der Waals surface area (Å²) in [5.41, 5.74) is 2.76. The summed E-state index contributed by atoms with van der Waals surface area (Å²) in [6.45, 7) is 7.82. The number of ketones is 1. The highest BCUT2D eigenvalue weighted by molar-refractivity contribution is 6.06. The van der Waals surface area contributed by atoms with Crippen molar-refractivity contribution >= 4 is 11.9 Å². The molecule has 2 aromatic rings. The van der Waals surface area contributed by atoms with Crippen LogP contribution in [0.2, 0.25) is 0 Å². The van der Waals surface area contributed by atoms with Crippen molar-refractivity contribution in [2.24, 2.45) is 0 Å². The van der Waals surface area contributed by atoms with Crippen LogP contribution in [0, 0.1) is 0 Å². The van der Waals surface area contributed by atoms with Gasteiger partial charge in [0.25, 0.3) is 0 Å². The van der Waals surface area contributed by atoms with Crippen LogP contribution in [-0.2, 0) is 6.42 Å². The van der Waals surface area contributed by atoms with Gasteiger partial charge in [0.05, 0.1) is 13.2 Å². The lowest BCUT2D eigenvalue weighted by atomic mass is 10.0. The standard InChI is InChI=1S/C27H36O3/c1-4-7-12-18-29-26-21-22(6-3)20-24(27(26)30-19-13-8-5-2)16-17-25(28)23-14-10-9-11-15-23/h9-11,14-17,20-21H,4-8,12-13,18-19H2,1-3H3. The number of rotatable bonds is 14. The lowest BCUT2D eigenvalue weighted by Crippen LogP contribution is -2.05. The fourth-order valence-electron chi connectivity index (χ4n) is 3.20. The molecule has 0 aliphatic heterocycles. The zero-order valence-corrected chi connectivity index (χ0v) is 18.8. The van der Waals surface area contributed by atoms with Gasteiger partial charge in [-0.15, -0.1) is 0 Å². The van der Waals surface area contributed by atoms with Gasteiger partial charge in [-0.3, -0.25) is 4.79 Å². The van der Waals surface area contributed by atoms with Gasteiger partial charge in [-0.05, 0) is 49.1 Å². The van der Waals surface area contributed by atoms with Gasteiger partial charge in [0, 0.05) is 11.1 Å². The summed E-state index contributed by atoms with van der Waals surface area (Å²) in [5, 5.41) is 0. The van der Waals surface area contributed by atoms with Crippen LogP contribution in [0.4, 0.5) is 0 Å². The zero-order chi connectivity index (χ0) is 21.6. The maximum Gasteiger partial charge on any atom is 0.185 e. The van der Waals surface area contributed by atoms with E-state index >= 15 is 0 Å². The van der Waals surface area contributed by atoms with Crippen molar-refractivity contribution < 1.29 is 14.3 Å². The molecule has 0 unspecified atom stereocenters. The van der Waals surface area contributed by atoms with Gasteiger partial charge in [-0.2, -0.15) is 0 Å². The van der Waals surface area contributed by atoms with E-state index in [-0.39, 0.29) is 5.78 Å². The van der Waals surface area contributed by atoms with Crippen molar-refractivity contribution in [3.05, 3.63) is 65.2 Å². The molecule has 3 heteroatoms. The van der Waals surface area contributed by atoms with E-state index in [1.165, 1.54) is 5.56 Å². The van der Waals surface area contributed by atoms with E-state index in [1.807, 2.05) is 36.4 Å². The molecular formula is C27H36O3. The first kappa shape index (κ1) is 23.7. The molecule has 0 amide bonds. The highest BCUT2D eigenvalue weighted by Gasteiger charge is 2.13. The minimum Gasteiger partial charge on any atom is -0.490 e. The number of allylic oxidation sites excluding steroid dienone is 1. The first-order valence-corrected chi connectivity index (χ1v) is 11.4. The highest BCUT2D eigenvalue weighted by atomic mass is 16.5. The van der Waals surface area contributed by atoms with Gasteiger partial charge in [0.15, 0.2) is 17.3 Å². The van der Waals surface area contributed by atoms with E-state index in [2.05, 4.69) is 32.9 Å². The van der Waals surface area contributed by atoms with Gasteiger partial charge in [0.2, 0.25) is 0 Å². The molecule has 0 atom stereocenters. The number of aryl methyl sites for hydroxylation is 1. The molecule has 2 aromatic carbocycles. The highest BCUT2D eigenvalue weighted by Crippen LogP contribution is 2.35. The average Bonchev–Trinajstić information content (AvgIpc) is 2.79. The van der Waals surface area contributed by atoms with E-state index in [9.17, 15) is 4.79 Å². The SMILES string of the molecule is CCCCCOc1cc(CC)cc(C=CC(=O)c2ccccc2)c1OCCCCC. The topological polar surface area (TPSA) is 35.5 Å². The number of carbonyl (C=O) groups is 1. The van der Waals surface area contributed by atoms with Gasteiger partial charge in [-0.25, -0.2) is 0 Å². The summed E-state index contributed by atoms with van der Waals surface area (Å²) < 4.78 is 12.3. The van der Waals surface area contributed by atoms with E-state index in [1.54, 1.807) is 6.08 Å². The minimum atomic E-state index is -0.0140. The van der Waals surface area contributed by atoms with Gasteiger partial charge in [-0.1, -0.05) is 76.8 Å². The molecule has 2 rings (SSSR count). The van der Waals surface area contributed by atoms with Crippen LogP contribution in [0.5, 0.6) is 11.5 Å². The average molecular weight is 409 g/mol. The molecule has 0 N–H and O–H groups in total. The molecule has 162 valence electrons. The van der Waals surface area contributed by atoms with Crippen molar-refractivity contribution in [2.45, 2.75) is 65.7 Å². The Morgan fingerprint density at radius 3 is 2.17 bits per heavy atom. The van der Waals surface area contributed by atoms with Crippen LogP contribution in [0.1, 0.15) is 80.8 Å². The number of ether oxygens (including phenoxy) is 2. The fraction of sp³-hybridized carbons (Fsp3) is 0.444. The maximum atomic E-state index is 12.6. The Kier molecular flexibility index (Phi) is 10.8. The zero-order valence-electron chi connectivity index (χ0n) is 18.8. The second-order valence-electron chi connectivity index (χ2n) is 7.54. The van der Waals surface area contributed by atoms with Crippen molar-refractivity contribution in [1.82, 2.24) is 0 Å². The summed E-state index contributed by atoms with van der Waals surface area (Å²) in [6.07, 6.45) is 11.0. The van der Waals surface area contributed by atoms with E-state index < -0.39 is 0 Å². The van der Waals surface area contributed by atoms with E-state index in [0.717, 1.165) is 62.0 Å². The Morgan fingerprint density at radius 1 is 0.867 bits per heavy atom. The van der Waals surface area contributed by atoms with E-state index in [0.29, 0.717) is 18.8 Å². The molecule has 0 saturated heterocycles. The second kappa shape index (κ2) is 13.6. The molecule has 3 nitrogen and oxygen atoms in total. The summed E-state index contributed by atoms with van der Waals surface area (Å²) in [4.78, 5) is 12.6. The molecule has 30 heavy (non-hydrogen) atoms. The Bertz CT molecular complexity index is 793. The number of benzene rings is 2. The quantitative estimate of drug-likeness (QED) is 0.187. The van der Waals surface area contributed by atoms with Crippen LogP contribution in [0.15, 0.2) is 48.5 Å². The Balaban J connectivity index is 2.28. The summed E-state index contributed by atoms with van der Waals surface area (Å²) >= 11 is 0. The molecular weight excluding hydrogens is 372 g/mol. The number of hydrogen-bond donors (Lipinski definition) is 0. The van der Waals surface area contributed by atoms with Crippen LogP contribution in [0.3, 0.4) is 0 Å². The van der Waals surface area contributed by atoms with E-state index in [4.69, 9.17) is 9.47 Å². The predicted molar refractivity (Wildman–Crippen MR) is 126 cm³/mol. The van der Waals surface area contributed by atoms with Crippen molar-refractivity contribution in [1.29, 1.82) is 0 Å². The van der Waals surface area contributed by atoms with Gasteiger partial charge >= 0.3 is 0 Å². The summed E-state index contributed by atoms with van der Waals surface area (Å²) in [7, 11) is 0. The third-order valence-electron chi connectivity index (χ3n) is 5.02. The fourth-order valence-corrected chi connectivity index (χ4v) is 3.20. The molecule has 0 heterocycles. The molecule has 0 bridgehead atoms. The largest absolute Gasteiger partial charge is 0.490 e. The number of hydrogen-bond acceptors (Lipinski definition) is 3. The Morgan fingerprint density at radius 2 is 1.53 bits per heavy atom. The van der Waals surface area contributed by atoms with Gasteiger partial charge < -0.3 is 9.47 Å². The maximum absolute atomic E-state index is 12.6. The summed E-state index contributed by atoms with van der Waals surface area (Å²) in [5.74, 6) is 1.52. The lowest BCUT2D eigenvalue weighted by Gasteiger charge is -2.17. The third-order valence-corrected chi connectivity index (χ3v) is 5.02. The van der Waals surface area contributed by atoms with Crippen LogP contribution in [0.25, 0.3) is 6.08 Å². The minimum absolute atomic E-state index is 0.0140. The van der Waals surface area contributed by atoms with Crippen LogP contribution >= 0.6 is 0 Å². The molecule has 0 fully saturated rings. The van der Waals surface area contributed by atoms with Crippen LogP contribution < -0.4 is 9.47 Å². The molecule has 0 aliphatic carbocycles. The first-order valence-electron chi connectivity index (χ1n) is 11.4. The van der Waals surface area contributed by atoms with Crippen molar-refractivity contribution in [3.63, 3.8) is 0 Å². The number of unbranched alkanes of at least 4 members (excludes halogenated alkanes) is 4. The Hall–Kier alpha value is -2.55. The monoisotopic (exact) mass is 408 g/mol.